The van der Waals surface area contributed by atoms with Crippen molar-refractivity contribution in [2.75, 3.05) is 5.75 Å². The summed E-state index contributed by atoms with van der Waals surface area (Å²) in [5, 5.41) is 3.74. The fourth-order valence-electron chi connectivity index (χ4n) is 3.53. The number of carbonyl (C=O) groups is 1. The van der Waals surface area contributed by atoms with Crippen molar-refractivity contribution in [3.8, 4) is 5.69 Å². The van der Waals surface area contributed by atoms with Gasteiger partial charge in [0.1, 0.15) is 5.82 Å². The molecule has 29 heavy (non-hydrogen) atoms. The van der Waals surface area contributed by atoms with Crippen LogP contribution in [0.5, 0.6) is 0 Å². The molecular formula is C21H19ClFN3O2S. The first-order valence-electron chi connectivity index (χ1n) is 9.42. The van der Waals surface area contributed by atoms with Crippen LogP contribution >= 0.6 is 23.4 Å². The summed E-state index contributed by atoms with van der Waals surface area (Å²) in [6.45, 7) is 0. The first kappa shape index (κ1) is 19.9. The van der Waals surface area contributed by atoms with Gasteiger partial charge in [-0.15, -0.1) is 0 Å². The zero-order valence-electron chi connectivity index (χ0n) is 15.5. The van der Waals surface area contributed by atoms with E-state index in [1.807, 2.05) is 0 Å². The number of fused-ring (bicyclic) bond motifs is 1. The number of aromatic nitrogens is 2. The highest BCUT2D eigenvalue weighted by Gasteiger charge is 2.19. The van der Waals surface area contributed by atoms with Gasteiger partial charge in [-0.3, -0.25) is 14.2 Å². The second-order valence-corrected chi connectivity index (χ2v) is 8.34. The molecule has 0 atom stereocenters. The van der Waals surface area contributed by atoms with E-state index in [1.54, 1.807) is 24.3 Å². The average molecular weight is 432 g/mol. The fourth-order valence-corrected chi connectivity index (χ4v) is 4.53. The highest BCUT2D eigenvalue weighted by molar-refractivity contribution is 7.99. The van der Waals surface area contributed by atoms with Crippen molar-refractivity contribution in [3.05, 3.63) is 63.7 Å². The summed E-state index contributed by atoms with van der Waals surface area (Å²) in [6.07, 6.45) is 4.28. The number of amides is 1. The van der Waals surface area contributed by atoms with Gasteiger partial charge in [0.2, 0.25) is 5.91 Å². The van der Waals surface area contributed by atoms with Crippen LogP contribution in [0, 0.1) is 5.82 Å². The molecule has 0 aliphatic heterocycles. The van der Waals surface area contributed by atoms with Crippen LogP contribution < -0.4 is 10.9 Å². The fraction of sp³-hybridized carbons (Fsp3) is 0.286. The Hall–Kier alpha value is -2.38. The highest BCUT2D eigenvalue weighted by Crippen LogP contribution is 2.24. The summed E-state index contributed by atoms with van der Waals surface area (Å²) in [4.78, 5) is 30.1. The van der Waals surface area contributed by atoms with Gasteiger partial charge in [-0.1, -0.05) is 48.3 Å². The molecule has 1 fully saturated rings. The largest absolute Gasteiger partial charge is 0.353 e. The molecule has 3 aromatic rings. The first-order chi connectivity index (χ1) is 14.0. The molecule has 4 rings (SSSR count). The van der Waals surface area contributed by atoms with E-state index in [4.69, 9.17) is 11.6 Å². The molecule has 0 spiro atoms. The van der Waals surface area contributed by atoms with Crippen LogP contribution in [0.1, 0.15) is 25.7 Å². The van der Waals surface area contributed by atoms with Gasteiger partial charge in [-0.25, -0.2) is 9.37 Å². The number of halogens is 2. The zero-order chi connectivity index (χ0) is 20.4. The third-order valence-electron chi connectivity index (χ3n) is 4.96. The van der Waals surface area contributed by atoms with E-state index < -0.39 is 5.82 Å². The van der Waals surface area contributed by atoms with Gasteiger partial charge >= 0.3 is 0 Å². The van der Waals surface area contributed by atoms with Crippen LogP contribution in [-0.2, 0) is 4.79 Å². The van der Waals surface area contributed by atoms with Crippen LogP contribution in [0.4, 0.5) is 4.39 Å². The maximum Gasteiger partial charge on any atom is 0.266 e. The molecule has 5 nitrogen and oxygen atoms in total. The van der Waals surface area contributed by atoms with Gasteiger partial charge in [0, 0.05) is 6.04 Å². The quantitative estimate of drug-likeness (QED) is 0.482. The van der Waals surface area contributed by atoms with Gasteiger partial charge < -0.3 is 5.32 Å². The molecule has 1 heterocycles. The Balaban J connectivity index is 1.70. The second-order valence-electron chi connectivity index (χ2n) is 6.99. The molecule has 1 aromatic heterocycles. The predicted octanol–water partition coefficient (Wildman–Crippen LogP) is 4.33. The molecule has 1 amide bonds. The Morgan fingerprint density at radius 3 is 2.76 bits per heavy atom. The molecule has 1 N–H and O–H groups in total. The minimum atomic E-state index is -0.567. The Bertz CT molecular complexity index is 1130. The van der Waals surface area contributed by atoms with E-state index in [-0.39, 0.29) is 28.3 Å². The number of nitrogens with zero attached hydrogens (tertiary/aromatic N) is 2. The summed E-state index contributed by atoms with van der Waals surface area (Å²) in [6, 6.07) is 11.3. The van der Waals surface area contributed by atoms with Crippen molar-refractivity contribution in [1.82, 2.24) is 14.9 Å². The molecule has 0 unspecified atom stereocenters. The average Bonchev–Trinajstić information content (AvgIpc) is 3.22. The Labute approximate surface area is 176 Å². The van der Waals surface area contributed by atoms with Gasteiger partial charge in [0.15, 0.2) is 5.16 Å². The molecule has 0 saturated heterocycles. The minimum absolute atomic E-state index is 0.0857. The lowest BCUT2D eigenvalue weighted by atomic mass is 10.2. The van der Waals surface area contributed by atoms with E-state index in [0.29, 0.717) is 21.7 Å². The molecule has 0 radical (unpaired) electrons. The van der Waals surface area contributed by atoms with Crippen molar-refractivity contribution in [1.29, 1.82) is 0 Å². The van der Waals surface area contributed by atoms with Crippen molar-refractivity contribution in [3.63, 3.8) is 0 Å². The van der Waals surface area contributed by atoms with Crippen molar-refractivity contribution < 1.29 is 9.18 Å². The molecule has 1 saturated carbocycles. The van der Waals surface area contributed by atoms with Crippen LogP contribution in [0.2, 0.25) is 5.02 Å². The first-order valence-corrected chi connectivity index (χ1v) is 10.8. The summed E-state index contributed by atoms with van der Waals surface area (Å²) >= 11 is 7.10. The third kappa shape index (κ3) is 4.31. The number of para-hydroxylation sites is 1. The van der Waals surface area contributed by atoms with Crippen molar-refractivity contribution in [2.24, 2.45) is 0 Å². The highest BCUT2D eigenvalue weighted by atomic mass is 35.5. The Morgan fingerprint density at radius 1 is 1.24 bits per heavy atom. The lowest BCUT2D eigenvalue weighted by molar-refractivity contribution is -0.119. The summed E-state index contributed by atoms with van der Waals surface area (Å²) in [5.41, 5.74) is 0.649. The van der Waals surface area contributed by atoms with Gasteiger partial charge in [0.05, 0.1) is 27.4 Å². The van der Waals surface area contributed by atoms with Crippen LogP contribution in [-0.4, -0.2) is 27.3 Å². The van der Waals surface area contributed by atoms with E-state index in [0.717, 1.165) is 25.7 Å². The molecular weight excluding hydrogens is 413 g/mol. The number of hydrogen-bond acceptors (Lipinski definition) is 4. The number of hydrogen-bond donors (Lipinski definition) is 1. The molecule has 1 aliphatic carbocycles. The van der Waals surface area contributed by atoms with Gasteiger partial charge in [0.25, 0.3) is 5.56 Å². The summed E-state index contributed by atoms with van der Waals surface area (Å²) in [5.74, 6) is -0.522. The topological polar surface area (TPSA) is 64.0 Å². The summed E-state index contributed by atoms with van der Waals surface area (Å²) in [7, 11) is 0. The van der Waals surface area contributed by atoms with Crippen molar-refractivity contribution in [2.45, 2.75) is 36.9 Å². The van der Waals surface area contributed by atoms with E-state index in [1.165, 1.54) is 34.5 Å². The van der Waals surface area contributed by atoms with Crippen LogP contribution in [0.25, 0.3) is 16.6 Å². The SMILES string of the molecule is O=C(CSc1nc2ccccc2c(=O)n1-c1ccc(F)c(Cl)c1)NC1CCCC1. The second kappa shape index (κ2) is 8.55. The maximum atomic E-state index is 13.6. The van der Waals surface area contributed by atoms with Gasteiger partial charge in [-0.2, -0.15) is 0 Å². The number of nitrogens with one attached hydrogen (secondary N) is 1. The normalized spacial score (nSPS) is 14.4. The Kier molecular flexibility index (Phi) is 5.87. The standard InChI is InChI=1S/C21H19ClFN3O2S/c22-16-11-14(9-10-17(16)23)26-20(28)15-7-3-4-8-18(15)25-21(26)29-12-19(27)24-13-5-1-2-6-13/h3-4,7-11,13H,1-2,5-6,12H2,(H,24,27). The van der Waals surface area contributed by atoms with Crippen molar-refractivity contribution >= 4 is 40.2 Å². The lowest BCUT2D eigenvalue weighted by Crippen LogP contribution is -2.34. The van der Waals surface area contributed by atoms with E-state index in [9.17, 15) is 14.0 Å². The maximum absolute atomic E-state index is 13.6. The molecule has 2 aromatic carbocycles. The lowest BCUT2D eigenvalue weighted by Gasteiger charge is -2.15. The monoisotopic (exact) mass is 431 g/mol. The number of thioether (sulfide) groups is 1. The van der Waals surface area contributed by atoms with E-state index in [2.05, 4.69) is 10.3 Å². The number of benzene rings is 2. The van der Waals surface area contributed by atoms with E-state index >= 15 is 0 Å². The third-order valence-corrected chi connectivity index (χ3v) is 6.19. The number of carbonyl (C=O) groups excluding carboxylic acids is 1. The van der Waals surface area contributed by atoms with Gasteiger partial charge in [-0.05, 0) is 43.2 Å². The van der Waals surface area contributed by atoms with Crippen LogP contribution in [0.15, 0.2) is 52.4 Å². The minimum Gasteiger partial charge on any atom is -0.353 e. The molecule has 0 bridgehead atoms. The zero-order valence-corrected chi connectivity index (χ0v) is 17.1. The molecule has 1 aliphatic rings. The predicted molar refractivity (Wildman–Crippen MR) is 113 cm³/mol. The number of rotatable bonds is 5. The Morgan fingerprint density at radius 2 is 2.00 bits per heavy atom. The van der Waals surface area contributed by atoms with Crippen LogP contribution in [0.3, 0.4) is 0 Å². The smallest absolute Gasteiger partial charge is 0.266 e. The molecule has 150 valence electrons. The summed E-state index contributed by atoms with van der Waals surface area (Å²) < 4.78 is 15.0. The molecule has 8 heteroatoms.